The Morgan fingerprint density at radius 1 is 1.15 bits per heavy atom. The van der Waals surface area contributed by atoms with Crippen LogP contribution in [0, 0.1) is 0 Å². The highest BCUT2D eigenvalue weighted by molar-refractivity contribution is 14.0. The van der Waals surface area contributed by atoms with Gasteiger partial charge >= 0.3 is 0 Å². The topological polar surface area (TPSA) is 82.9 Å². The minimum Gasteiger partial charge on any atom is -0.379 e. The molecule has 0 aromatic heterocycles. The van der Waals surface area contributed by atoms with Crippen molar-refractivity contribution in [3.05, 3.63) is 0 Å². The molecule has 0 spiro atoms. The molecule has 80 valence electrons. The molecule has 4 N–H and O–H groups in total. The first-order valence-electron chi connectivity index (χ1n) is 3.98. The van der Waals surface area contributed by atoms with E-state index in [0.717, 1.165) is 6.61 Å². The first kappa shape index (κ1) is 15.4. The number of aliphatic imine (C=N–C) groups is 1. The minimum atomic E-state index is 0. The molecule has 0 rings (SSSR count). The molecule has 0 heterocycles. The van der Waals surface area contributed by atoms with Crippen LogP contribution in [0.4, 0.5) is 0 Å². The molecule has 13 heavy (non-hydrogen) atoms. The number of hydrogen-bond acceptors (Lipinski definition) is 3. The smallest absolute Gasteiger partial charge is 0.185 e. The monoisotopic (exact) mass is 303 g/mol. The third-order valence-electron chi connectivity index (χ3n) is 1.11. The van der Waals surface area contributed by atoms with Crippen molar-refractivity contribution in [2.45, 2.75) is 6.92 Å². The van der Waals surface area contributed by atoms with Crippen molar-refractivity contribution in [2.24, 2.45) is 16.5 Å². The molecule has 0 atom stereocenters. The predicted octanol–water partition coefficient (Wildman–Crippen LogP) is -0.0691. The number of nitrogens with two attached hydrogens (primary N) is 2. The van der Waals surface area contributed by atoms with Crippen molar-refractivity contribution < 1.29 is 9.47 Å². The van der Waals surface area contributed by atoms with E-state index in [9.17, 15) is 0 Å². The molecule has 0 aromatic carbocycles. The van der Waals surface area contributed by atoms with Crippen LogP contribution in [0.2, 0.25) is 0 Å². The molecule has 0 aliphatic carbocycles. The summed E-state index contributed by atoms with van der Waals surface area (Å²) >= 11 is 0. The van der Waals surface area contributed by atoms with E-state index in [-0.39, 0.29) is 29.9 Å². The summed E-state index contributed by atoms with van der Waals surface area (Å²) in [4.78, 5) is 3.75. The molecule has 0 saturated carbocycles. The Bertz CT molecular complexity index is 129. The number of guanidine groups is 1. The highest BCUT2D eigenvalue weighted by atomic mass is 127. The number of halogens is 1. The normalized spacial score (nSPS) is 9.00. The second-order valence-corrected chi connectivity index (χ2v) is 2.12. The molecule has 0 aliphatic heterocycles. The van der Waals surface area contributed by atoms with Gasteiger partial charge in [0.05, 0.1) is 26.4 Å². The lowest BCUT2D eigenvalue weighted by Gasteiger charge is -2.01. The molecule has 0 saturated heterocycles. The standard InChI is InChI=1S/C7H17N3O2.HI/c1-2-11-5-6-12-4-3-10-7(8)9;/h2-6H2,1H3,(H4,8,9,10);1H. The van der Waals surface area contributed by atoms with Crippen LogP contribution in [0.3, 0.4) is 0 Å². The Labute approximate surface area is 95.9 Å². The van der Waals surface area contributed by atoms with Gasteiger partial charge in [-0.2, -0.15) is 0 Å². The molecule has 0 fully saturated rings. The van der Waals surface area contributed by atoms with Gasteiger partial charge in [-0.3, -0.25) is 4.99 Å². The number of ether oxygens (including phenoxy) is 2. The molecule has 0 bridgehead atoms. The SMILES string of the molecule is CCOCCOCCN=C(N)N.I. The molecule has 6 heteroatoms. The van der Waals surface area contributed by atoms with E-state index in [1.54, 1.807) is 0 Å². The molecule has 0 radical (unpaired) electrons. The van der Waals surface area contributed by atoms with Crippen LogP contribution < -0.4 is 11.5 Å². The first-order chi connectivity index (χ1) is 5.77. The van der Waals surface area contributed by atoms with E-state index in [0.29, 0.717) is 26.4 Å². The van der Waals surface area contributed by atoms with Crippen LogP contribution in [0.1, 0.15) is 6.92 Å². The fourth-order valence-corrected chi connectivity index (χ4v) is 0.604. The van der Waals surface area contributed by atoms with E-state index in [4.69, 9.17) is 20.9 Å². The van der Waals surface area contributed by atoms with Crippen molar-refractivity contribution in [1.29, 1.82) is 0 Å². The summed E-state index contributed by atoms with van der Waals surface area (Å²) in [7, 11) is 0. The second kappa shape index (κ2) is 11.9. The number of nitrogens with zero attached hydrogens (tertiary/aromatic N) is 1. The highest BCUT2D eigenvalue weighted by Crippen LogP contribution is 1.78. The zero-order valence-electron chi connectivity index (χ0n) is 7.86. The second-order valence-electron chi connectivity index (χ2n) is 2.12. The molecule has 5 nitrogen and oxygen atoms in total. The van der Waals surface area contributed by atoms with Crippen molar-refractivity contribution in [3.63, 3.8) is 0 Å². The quantitative estimate of drug-likeness (QED) is 0.298. The maximum atomic E-state index is 5.14. The minimum absolute atomic E-state index is 0. The van der Waals surface area contributed by atoms with Crippen LogP contribution in [0.15, 0.2) is 4.99 Å². The molecule has 0 aromatic rings. The van der Waals surface area contributed by atoms with Gasteiger partial charge in [-0.25, -0.2) is 0 Å². The van der Waals surface area contributed by atoms with Gasteiger partial charge < -0.3 is 20.9 Å². The van der Waals surface area contributed by atoms with Gasteiger partial charge in [-0.1, -0.05) is 0 Å². The number of hydrogen-bond donors (Lipinski definition) is 2. The van der Waals surface area contributed by atoms with Crippen LogP contribution in [0.25, 0.3) is 0 Å². The van der Waals surface area contributed by atoms with E-state index >= 15 is 0 Å². The van der Waals surface area contributed by atoms with Crippen LogP contribution in [-0.2, 0) is 9.47 Å². The number of rotatable bonds is 7. The molecule has 0 amide bonds. The van der Waals surface area contributed by atoms with Gasteiger partial charge in [0.25, 0.3) is 0 Å². The Morgan fingerprint density at radius 2 is 1.77 bits per heavy atom. The Balaban J connectivity index is 0. The van der Waals surface area contributed by atoms with Gasteiger partial charge in [0.2, 0.25) is 0 Å². The van der Waals surface area contributed by atoms with E-state index in [1.165, 1.54) is 0 Å². The first-order valence-corrected chi connectivity index (χ1v) is 3.98. The van der Waals surface area contributed by atoms with Gasteiger partial charge in [-0.15, -0.1) is 24.0 Å². The zero-order valence-corrected chi connectivity index (χ0v) is 10.2. The largest absolute Gasteiger partial charge is 0.379 e. The lowest BCUT2D eigenvalue weighted by Crippen LogP contribution is -2.23. The maximum Gasteiger partial charge on any atom is 0.185 e. The van der Waals surface area contributed by atoms with Crippen molar-refractivity contribution in [1.82, 2.24) is 0 Å². The average Bonchev–Trinajstić information content (AvgIpc) is 2.02. The molecule has 0 aliphatic rings. The highest BCUT2D eigenvalue weighted by Gasteiger charge is 1.87. The van der Waals surface area contributed by atoms with E-state index < -0.39 is 0 Å². The van der Waals surface area contributed by atoms with Gasteiger partial charge in [0, 0.05) is 6.61 Å². The summed E-state index contributed by atoms with van der Waals surface area (Å²) in [6, 6.07) is 0. The fraction of sp³-hybridized carbons (Fsp3) is 0.857. The fourth-order valence-electron chi connectivity index (χ4n) is 0.604. The van der Waals surface area contributed by atoms with Crippen molar-refractivity contribution >= 4 is 29.9 Å². The van der Waals surface area contributed by atoms with Crippen LogP contribution in [0.5, 0.6) is 0 Å². The average molecular weight is 303 g/mol. The van der Waals surface area contributed by atoms with Gasteiger partial charge in [-0.05, 0) is 6.92 Å². The third-order valence-corrected chi connectivity index (χ3v) is 1.11. The summed E-state index contributed by atoms with van der Waals surface area (Å²) in [6.07, 6.45) is 0. The van der Waals surface area contributed by atoms with E-state index in [1.807, 2.05) is 6.92 Å². The van der Waals surface area contributed by atoms with Crippen LogP contribution in [-0.4, -0.2) is 38.9 Å². The van der Waals surface area contributed by atoms with Gasteiger partial charge in [0.15, 0.2) is 5.96 Å². The van der Waals surface area contributed by atoms with Crippen molar-refractivity contribution in [2.75, 3.05) is 33.0 Å². The van der Waals surface area contributed by atoms with E-state index in [2.05, 4.69) is 4.99 Å². The zero-order chi connectivity index (χ0) is 9.23. The summed E-state index contributed by atoms with van der Waals surface area (Å²) in [5.41, 5.74) is 10.2. The molecular weight excluding hydrogens is 285 g/mol. The van der Waals surface area contributed by atoms with Crippen LogP contribution >= 0.6 is 24.0 Å². The Morgan fingerprint density at radius 3 is 2.31 bits per heavy atom. The maximum absolute atomic E-state index is 5.14. The lowest BCUT2D eigenvalue weighted by atomic mass is 10.7. The Kier molecular flexibility index (Phi) is 14.1. The molecular formula is C7H18IN3O2. The summed E-state index contributed by atoms with van der Waals surface area (Å²) in [5, 5.41) is 0. The Hall–Kier alpha value is -0.0800. The lowest BCUT2D eigenvalue weighted by molar-refractivity contribution is 0.0562. The van der Waals surface area contributed by atoms with Crippen molar-refractivity contribution in [3.8, 4) is 0 Å². The van der Waals surface area contributed by atoms with Gasteiger partial charge in [0.1, 0.15) is 0 Å². The summed E-state index contributed by atoms with van der Waals surface area (Å²) in [5.74, 6) is 0.100. The molecule has 0 unspecified atom stereocenters. The summed E-state index contributed by atoms with van der Waals surface area (Å²) in [6.45, 7) is 4.92. The third kappa shape index (κ3) is 14.7. The summed E-state index contributed by atoms with van der Waals surface area (Å²) < 4.78 is 10.2. The predicted molar refractivity (Wildman–Crippen MR) is 63.4 cm³/mol.